The number of carbonyl (C=O) groups excluding carboxylic acids is 2. The van der Waals surface area contributed by atoms with Crippen LogP contribution in [0, 0.1) is 0 Å². The topological polar surface area (TPSA) is 106 Å². The van der Waals surface area contributed by atoms with Gasteiger partial charge >= 0.3 is 0 Å². The van der Waals surface area contributed by atoms with E-state index in [-0.39, 0.29) is 24.3 Å². The minimum atomic E-state index is -0.229. The number of anilines is 1. The number of aromatic nitrogens is 2. The van der Waals surface area contributed by atoms with Crippen molar-refractivity contribution in [1.29, 1.82) is 0 Å². The maximum absolute atomic E-state index is 12.5. The van der Waals surface area contributed by atoms with E-state index in [1.54, 1.807) is 24.3 Å². The second-order valence-electron chi connectivity index (χ2n) is 6.79. The van der Waals surface area contributed by atoms with Gasteiger partial charge in [0.15, 0.2) is 5.82 Å². The summed E-state index contributed by atoms with van der Waals surface area (Å²) in [4.78, 5) is 29.1. The Morgan fingerprint density at radius 3 is 2.89 bits per heavy atom. The molecule has 2 aromatic rings. The maximum atomic E-state index is 12.5. The fourth-order valence-electron chi connectivity index (χ4n) is 3.05. The molecule has 28 heavy (non-hydrogen) atoms. The van der Waals surface area contributed by atoms with E-state index < -0.39 is 0 Å². The van der Waals surface area contributed by atoms with Gasteiger partial charge < -0.3 is 19.9 Å². The number of benzene rings is 1. The summed E-state index contributed by atoms with van der Waals surface area (Å²) in [7, 11) is 0. The summed E-state index contributed by atoms with van der Waals surface area (Å²) in [6, 6.07) is 6.95. The SMILES string of the molecule is CCCc1noc(CCC(=O)Nc2ccccc2C(=O)NC[C@@H]2CCCO2)n1. The summed E-state index contributed by atoms with van der Waals surface area (Å²) >= 11 is 0. The van der Waals surface area contributed by atoms with Crippen LogP contribution in [0.1, 0.15) is 54.7 Å². The number of para-hydroxylation sites is 1. The Kier molecular flexibility index (Phi) is 7.13. The average molecular weight is 386 g/mol. The summed E-state index contributed by atoms with van der Waals surface area (Å²) in [5.74, 6) is 0.662. The number of rotatable bonds is 9. The van der Waals surface area contributed by atoms with Crippen LogP contribution in [0.15, 0.2) is 28.8 Å². The fraction of sp³-hybridized carbons (Fsp3) is 0.500. The Morgan fingerprint density at radius 1 is 1.25 bits per heavy atom. The molecule has 3 rings (SSSR count). The quantitative estimate of drug-likeness (QED) is 0.686. The van der Waals surface area contributed by atoms with Crippen LogP contribution in [-0.2, 0) is 22.4 Å². The van der Waals surface area contributed by atoms with Crippen LogP contribution in [0.2, 0.25) is 0 Å². The highest BCUT2D eigenvalue weighted by Crippen LogP contribution is 2.16. The Balaban J connectivity index is 1.52. The van der Waals surface area contributed by atoms with Gasteiger partial charge in [-0.3, -0.25) is 9.59 Å². The highest BCUT2D eigenvalue weighted by atomic mass is 16.5. The number of nitrogens with one attached hydrogen (secondary N) is 2. The van der Waals surface area contributed by atoms with Crippen molar-refractivity contribution in [2.75, 3.05) is 18.5 Å². The van der Waals surface area contributed by atoms with Gasteiger partial charge in [-0.25, -0.2) is 0 Å². The van der Waals surface area contributed by atoms with Gasteiger partial charge in [0, 0.05) is 32.4 Å². The Hall–Kier alpha value is -2.74. The second-order valence-corrected chi connectivity index (χ2v) is 6.79. The molecule has 8 nitrogen and oxygen atoms in total. The normalized spacial score (nSPS) is 16.1. The number of hydrogen-bond donors (Lipinski definition) is 2. The van der Waals surface area contributed by atoms with Crippen molar-refractivity contribution < 1.29 is 18.8 Å². The van der Waals surface area contributed by atoms with E-state index in [0.29, 0.717) is 35.9 Å². The monoisotopic (exact) mass is 386 g/mol. The lowest BCUT2D eigenvalue weighted by Gasteiger charge is -2.13. The van der Waals surface area contributed by atoms with Crippen molar-refractivity contribution in [2.45, 2.75) is 51.6 Å². The van der Waals surface area contributed by atoms with Crippen molar-refractivity contribution in [3.05, 3.63) is 41.5 Å². The lowest BCUT2D eigenvalue weighted by atomic mass is 10.1. The highest BCUT2D eigenvalue weighted by Gasteiger charge is 2.18. The zero-order valence-electron chi connectivity index (χ0n) is 16.1. The van der Waals surface area contributed by atoms with Gasteiger partial charge in [-0.05, 0) is 31.4 Å². The van der Waals surface area contributed by atoms with E-state index in [0.717, 1.165) is 32.3 Å². The molecular formula is C20H26N4O4. The molecule has 1 aliphatic heterocycles. The molecule has 2 N–H and O–H groups in total. The molecule has 1 atom stereocenters. The molecule has 0 unspecified atom stereocenters. The third-order valence-corrected chi connectivity index (χ3v) is 4.51. The maximum Gasteiger partial charge on any atom is 0.253 e. The van der Waals surface area contributed by atoms with Crippen LogP contribution in [0.25, 0.3) is 0 Å². The standard InChI is InChI=1S/C20H26N4O4/c1-2-6-17-23-19(28-24-17)11-10-18(25)22-16-9-4-3-8-15(16)20(26)21-13-14-7-5-12-27-14/h3-4,8-9,14H,2,5-7,10-13H2,1H3,(H,21,26)(H,22,25)/t14-/m0/s1. The molecule has 1 saturated heterocycles. The Labute approximate surface area is 164 Å². The molecule has 150 valence electrons. The third-order valence-electron chi connectivity index (χ3n) is 4.51. The lowest BCUT2D eigenvalue weighted by molar-refractivity contribution is -0.116. The molecule has 1 aliphatic rings. The van der Waals surface area contributed by atoms with Gasteiger partial charge in [0.2, 0.25) is 11.8 Å². The average Bonchev–Trinajstić information content (AvgIpc) is 3.37. The smallest absolute Gasteiger partial charge is 0.253 e. The molecule has 0 aliphatic carbocycles. The molecule has 2 heterocycles. The van der Waals surface area contributed by atoms with Crippen molar-refractivity contribution in [2.24, 2.45) is 0 Å². The first-order valence-corrected chi connectivity index (χ1v) is 9.76. The predicted molar refractivity (Wildman–Crippen MR) is 103 cm³/mol. The van der Waals surface area contributed by atoms with Gasteiger partial charge in [-0.2, -0.15) is 4.98 Å². The molecule has 0 radical (unpaired) electrons. The molecule has 0 bridgehead atoms. The van der Waals surface area contributed by atoms with Gasteiger partial charge in [0.1, 0.15) is 0 Å². The molecule has 2 amide bonds. The Morgan fingerprint density at radius 2 is 2.11 bits per heavy atom. The number of ether oxygens (including phenoxy) is 1. The van der Waals surface area contributed by atoms with Crippen molar-refractivity contribution >= 4 is 17.5 Å². The van der Waals surface area contributed by atoms with Gasteiger partial charge in [-0.15, -0.1) is 0 Å². The first kappa shape index (κ1) is 20.0. The first-order chi connectivity index (χ1) is 13.7. The number of aryl methyl sites for hydroxylation is 2. The largest absolute Gasteiger partial charge is 0.376 e. The van der Waals surface area contributed by atoms with Crippen LogP contribution < -0.4 is 10.6 Å². The molecule has 0 spiro atoms. The molecular weight excluding hydrogens is 360 g/mol. The number of nitrogens with zero attached hydrogens (tertiary/aromatic N) is 2. The van der Waals surface area contributed by atoms with E-state index in [9.17, 15) is 9.59 Å². The third kappa shape index (κ3) is 5.63. The number of hydrogen-bond acceptors (Lipinski definition) is 6. The second kappa shape index (κ2) is 9.98. The van der Waals surface area contributed by atoms with Crippen LogP contribution in [0.3, 0.4) is 0 Å². The Bertz CT molecular complexity index is 799. The molecule has 1 fully saturated rings. The van der Waals surface area contributed by atoms with Crippen LogP contribution in [0.5, 0.6) is 0 Å². The van der Waals surface area contributed by atoms with Crippen molar-refractivity contribution in [1.82, 2.24) is 15.5 Å². The summed E-state index contributed by atoms with van der Waals surface area (Å²) in [6.45, 7) is 3.25. The minimum absolute atomic E-state index is 0.0673. The van der Waals surface area contributed by atoms with E-state index in [1.165, 1.54) is 0 Å². The van der Waals surface area contributed by atoms with Crippen molar-refractivity contribution in [3.8, 4) is 0 Å². The fourth-order valence-corrected chi connectivity index (χ4v) is 3.05. The van der Waals surface area contributed by atoms with Crippen LogP contribution >= 0.6 is 0 Å². The van der Waals surface area contributed by atoms with E-state index in [1.807, 2.05) is 6.92 Å². The van der Waals surface area contributed by atoms with Crippen molar-refractivity contribution in [3.63, 3.8) is 0 Å². The summed E-state index contributed by atoms with van der Waals surface area (Å²) < 4.78 is 10.7. The van der Waals surface area contributed by atoms with Gasteiger partial charge in [-0.1, -0.05) is 24.2 Å². The van der Waals surface area contributed by atoms with Gasteiger partial charge in [0.25, 0.3) is 5.91 Å². The highest BCUT2D eigenvalue weighted by molar-refractivity contribution is 6.03. The van der Waals surface area contributed by atoms with E-state index in [2.05, 4.69) is 20.8 Å². The summed E-state index contributed by atoms with van der Waals surface area (Å²) in [5, 5.41) is 9.56. The minimum Gasteiger partial charge on any atom is -0.376 e. The first-order valence-electron chi connectivity index (χ1n) is 9.76. The zero-order chi connectivity index (χ0) is 19.8. The molecule has 1 aromatic heterocycles. The van der Waals surface area contributed by atoms with Crippen LogP contribution in [-0.4, -0.2) is 41.2 Å². The van der Waals surface area contributed by atoms with E-state index in [4.69, 9.17) is 9.26 Å². The zero-order valence-corrected chi connectivity index (χ0v) is 16.1. The predicted octanol–water partition coefficient (Wildman–Crippen LogP) is 2.50. The lowest BCUT2D eigenvalue weighted by Crippen LogP contribution is -2.32. The summed E-state index contributed by atoms with van der Waals surface area (Å²) in [6.07, 6.45) is 4.28. The molecule has 1 aromatic carbocycles. The summed E-state index contributed by atoms with van der Waals surface area (Å²) in [5.41, 5.74) is 0.909. The number of carbonyl (C=O) groups is 2. The molecule has 8 heteroatoms. The van der Waals surface area contributed by atoms with Crippen LogP contribution in [0.4, 0.5) is 5.69 Å². The van der Waals surface area contributed by atoms with E-state index >= 15 is 0 Å². The molecule has 0 saturated carbocycles. The van der Waals surface area contributed by atoms with Gasteiger partial charge in [0.05, 0.1) is 17.4 Å². The number of amides is 2.